The lowest BCUT2D eigenvalue weighted by molar-refractivity contribution is -0.0212. The molecule has 3 fully saturated rings. The number of hydrogen-bond acceptors (Lipinski definition) is 13. The molecule has 248 valence electrons. The van der Waals surface area contributed by atoms with E-state index in [1.54, 1.807) is 6.92 Å². The molecule has 4 unspecified atom stereocenters. The van der Waals surface area contributed by atoms with Crippen LogP contribution in [0.5, 0.6) is 0 Å². The van der Waals surface area contributed by atoms with E-state index in [2.05, 4.69) is 0 Å². The van der Waals surface area contributed by atoms with Gasteiger partial charge in [-0.25, -0.2) is 37.7 Å². The van der Waals surface area contributed by atoms with Crippen molar-refractivity contribution in [3.8, 4) is 0 Å². The van der Waals surface area contributed by atoms with Gasteiger partial charge in [0.25, 0.3) is 0 Å². The zero-order valence-electron chi connectivity index (χ0n) is 24.8. The quantitative estimate of drug-likeness (QED) is 0.179. The lowest BCUT2D eigenvalue weighted by Crippen LogP contribution is -2.55. The molecule has 4 atom stereocenters. The molecule has 20 heteroatoms. The van der Waals surface area contributed by atoms with Crippen LogP contribution in [0.2, 0.25) is 0 Å². The number of ether oxygens (including phenoxy) is 4. The maximum atomic E-state index is 13.5. The van der Waals surface area contributed by atoms with Crippen LogP contribution >= 0.6 is 23.5 Å². The van der Waals surface area contributed by atoms with Crippen LogP contribution < -0.4 is 17.1 Å². The molecule has 2 N–H and O–H groups in total. The predicted molar refractivity (Wildman–Crippen MR) is 158 cm³/mol. The van der Waals surface area contributed by atoms with Gasteiger partial charge in [-0.3, -0.25) is 14.7 Å². The van der Waals surface area contributed by atoms with E-state index in [9.17, 15) is 34.2 Å². The second-order valence-electron chi connectivity index (χ2n) is 9.91. The van der Waals surface area contributed by atoms with Crippen molar-refractivity contribution in [3.05, 3.63) is 31.5 Å². The summed E-state index contributed by atoms with van der Waals surface area (Å²) in [4.78, 5) is 71.2. The fourth-order valence-corrected chi connectivity index (χ4v) is 7.47. The van der Waals surface area contributed by atoms with Gasteiger partial charge < -0.3 is 34.1 Å². The molecule has 4 rings (SSSR count). The van der Waals surface area contributed by atoms with Gasteiger partial charge in [0.1, 0.15) is 31.1 Å². The van der Waals surface area contributed by atoms with E-state index in [1.165, 1.54) is 57.3 Å². The molecule has 0 bridgehead atoms. The second-order valence-corrected chi connectivity index (χ2v) is 12.3. The number of urea groups is 2. The third kappa shape index (κ3) is 6.96. The Balaban J connectivity index is 1.48. The summed E-state index contributed by atoms with van der Waals surface area (Å²) in [6.07, 6.45) is -1.46. The Morgan fingerprint density at radius 3 is 1.86 bits per heavy atom. The number of fused-ring (bicyclic) bond motifs is 1. The number of thioether (sulfide) groups is 2. The maximum Gasteiger partial charge on any atom is 0.336 e. The van der Waals surface area contributed by atoms with Crippen LogP contribution in [0.4, 0.5) is 9.59 Å². The van der Waals surface area contributed by atoms with Crippen molar-refractivity contribution in [3.63, 3.8) is 0 Å². The summed E-state index contributed by atoms with van der Waals surface area (Å²) in [5, 5.41) is 19.1. The lowest BCUT2D eigenvalue weighted by atomic mass is 10.3. The third-order valence-corrected chi connectivity index (χ3v) is 9.95. The van der Waals surface area contributed by atoms with Gasteiger partial charge in [0.05, 0.1) is 39.5 Å². The topological polar surface area (TPSA) is 190 Å². The molecule has 44 heavy (non-hydrogen) atoms. The SMILES string of the molecule is CCN1C(=O)N(COCCn2c(=O)n(CCO)c(=O)n(CCOC)c2=O)C2C1N(COC1CSC(O)CS1)C(=O)N2COC. The summed E-state index contributed by atoms with van der Waals surface area (Å²) in [7, 11) is 2.84. The Bertz CT molecular complexity index is 1330. The highest BCUT2D eigenvalue weighted by Crippen LogP contribution is 2.36. The number of amides is 4. The fourth-order valence-electron chi connectivity index (χ4n) is 5.21. The van der Waals surface area contributed by atoms with E-state index in [4.69, 9.17) is 18.9 Å². The Kier molecular flexibility index (Phi) is 12.2. The van der Waals surface area contributed by atoms with Crippen molar-refractivity contribution in [1.82, 2.24) is 33.3 Å². The molecule has 0 aromatic carbocycles. The van der Waals surface area contributed by atoms with Gasteiger partial charge in [-0.15, -0.1) is 23.5 Å². The largest absolute Gasteiger partial charge is 0.395 e. The predicted octanol–water partition coefficient (Wildman–Crippen LogP) is -2.37. The van der Waals surface area contributed by atoms with Gasteiger partial charge in [0, 0.05) is 32.3 Å². The zero-order valence-corrected chi connectivity index (χ0v) is 26.4. The van der Waals surface area contributed by atoms with Gasteiger partial charge in [0.15, 0.2) is 12.3 Å². The van der Waals surface area contributed by atoms with Gasteiger partial charge in [0.2, 0.25) is 0 Å². The maximum absolute atomic E-state index is 13.5. The van der Waals surface area contributed by atoms with E-state index >= 15 is 0 Å². The van der Waals surface area contributed by atoms with E-state index in [-0.39, 0.29) is 70.5 Å². The molecule has 0 saturated carbocycles. The van der Waals surface area contributed by atoms with E-state index in [0.29, 0.717) is 18.1 Å². The number of likely N-dealkylation sites (N-methyl/N-ethyl adjacent to an activating group) is 1. The average Bonchev–Trinajstić information content (AvgIpc) is 3.43. The highest BCUT2D eigenvalue weighted by atomic mass is 32.2. The van der Waals surface area contributed by atoms with Gasteiger partial charge in [-0.05, 0) is 6.92 Å². The molecule has 0 spiro atoms. The summed E-state index contributed by atoms with van der Waals surface area (Å²) in [5.41, 5.74) is -3.29. The van der Waals surface area contributed by atoms with Crippen molar-refractivity contribution in [2.45, 2.75) is 49.8 Å². The van der Waals surface area contributed by atoms with Crippen LogP contribution in [0.25, 0.3) is 0 Å². The Morgan fingerprint density at radius 1 is 0.727 bits per heavy atom. The van der Waals surface area contributed by atoms with Crippen LogP contribution in [-0.4, -0.2) is 151 Å². The summed E-state index contributed by atoms with van der Waals surface area (Å²) in [6, 6.07) is -0.775. The summed E-state index contributed by atoms with van der Waals surface area (Å²) in [6.45, 7) is 0.400. The van der Waals surface area contributed by atoms with Crippen LogP contribution in [0.1, 0.15) is 6.92 Å². The molecule has 0 radical (unpaired) electrons. The molecular formula is C24H39N7O11S2. The van der Waals surface area contributed by atoms with Gasteiger partial charge in [-0.1, -0.05) is 0 Å². The van der Waals surface area contributed by atoms with E-state index < -0.39 is 41.4 Å². The molecule has 0 aliphatic carbocycles. The molecule has 18 nitrogen and oxygen atoms in total. The smallest absolute Gasteiger partial charge is 0.336 e. The zero-order chi connectivity index (χ0) is 32.0. The highest BCUT2D eigenvalue weighted by molar-refractivity contribution is 8.06. The molecule has 3 aliphatic rings. The summed E-state index contributed by atoms with van der Waals surface area (Å²) >= 11 is 2.83. The molecule has 3 aliphatic heterocycles. The minimum Gasteiger partial charge on any atom is -0.395 e. The number of methoxy groups -OCH3 is 2. The average molecular weight is 666 g/mol. The molecular weight excluding hydrogens is 626 g/mol. The minimum atomic E-state index is -0.895. The number of carbonyl (C=O) groups excluding carboxylic acids is 2. The highest BCUT2D eigenvalue weighted by Gasteiger charge is 2.59. The monoisotopic (exact) mass is 665 g/mol. The molecule has 1 aromatic rings. The van der Waals surface area contributed by atoms with Crippen LogP contribution in [0, 0.1) is 0 Å². The summed E-state index contributed by atoms with van der Waals surface area (Å²) < 4.78 is 24.4. The number of carbonyl (C=O) groups is 2. The Morgan fingerprint density at radius 2 is 1.30 bits per heavy atom. The standard InChI is InChI=1S/C24H39N7O11S2/c1-4-25-18-19(29(13-40-3)24(38)31(18)15-42-17-12-43-16(33)11-44-17)30(20(25)34)14-41-10-7-28-22(36)26(5-8-32)21(35)27(23(28)37)6-9-39-2/h16-19,32-33H,4-15H2,1-3H3. The first-order valence-electron chi connectivity index (χ1n) is 14.0. The van der Waals surface area contributed by atoms with Crippen LogP contribution in [0.3, 0.4) is 0 Å². The third-order valence-electron chi connectivity index (χ3n) is 7.30. The van der Waals surface area contributed by atoms with Crippen molar-refractivity contribution in [2.24, 2.45) is 0 Å². The lowest BCUT2D eigenvalue weighted by Gasteiger charge is -2.31. The molecule has 3 saturated heterocycles. The second kappa shape index (κ2) is 15.6. The first kappa shape index (κ1) is 34.3. The first-order chi connectivity index (χ1) is 21.2. The molecule has 1 aromatic heterocycles. The number of rotatable bonds is 16. The Labute approximate surface area is 261 Å². The number of aliphatic hydroxyl groups excluding tert-OH is 2. The number of nitrogens with zero attached hydrogens (tertiary/aromatic N) is 7. The first-order valence-corrected chi connectivity index (χ1v) is 16.1. The summed E-state index contributed by atoms with van der Waals surface area (Å²) in [5.74, 6) is 1.06. The van der Waals surface area contributed by atoms with Gasteiger partial charge >= 0.3 is 29.1 Å². The number of hydrogen-bond donors (Lipinski definition) is 2. The van der Waals surface area contributed by atoms with E-state index in [1.807, 2.05) is 0 Å². The molecule has 4 amide bonds. The number of aliphatic hydroxyl groups is 2. The van der Waals surface area contributed by atoms with E-state index in [0.717, 1.165) is 13.7 Å². The minimum absolute atomic E-state index is 0.0524. The Hall–Kier alpha value is -2.59. The van der Waals surface area contributed by atoms with Crippen molar-refractivity contribution in [1.29, 1.82) is 0 Å². The number of aromatic nitrogens is 3. The van der Waals surface area contributed by atoms with Crippen molar-refractivity contribution < 1.29 is 38.7 Å². The normalized spacial score (nSPS) is 23.8. The van der Waals surface area contributed by atoms with Crippen molar-refractivity contribution >= 4 is 35.6 Å². The fraction of sp³-hybridized carbons (Fsp3) is 0.792. The van der Waals surface area contributed by atoms with Crippen LogP contribution in [-0.2, 0) is 38.6 Å². The van der Waals surface area contributed by atoms with Crippen LogP contribution in [0.15, 0.2) is 14.4 Å². The molecule has 4 heterocycles. The van der Waals surface area contributed by atoms with Gasteiger partial charge in [-0.2, -0.15) is 0 Å². The van der Waals surface area contributed by atoms with Crippen molar-refractivity contribution in [2.75, 3.05) is 72.3 Å².